The third-order valence-electron chi connectivity index (χ3n) is 4.33. The molecule has 112 valence electrons. The van der Waals surface area contributed by atoms with E-state index in [9.17, 15) is 0 Å². The van der Waals surface area contributed by atoms with Crippen molar-refractivity contribution in [3.63, 3.8) is 0 Å². The summed E-state index contributed by atoms with van der Waals surface area (Å²) in [5.74, 6) is 0. The standard InChI is InChI=1S/C17H22BrN3/c1-17(2)8-15(19-3)14-10-20-21(16(14)9-17)11-12-5-4-6-13(18)7-12/h4-7,10,15,19H,8-9,11H2,1-3H3. The Hall–Kier alpha value is -1.13. The summed E-state index contributed by atoms with van der Waals surface area (Å²) in [6, 6.07) is 8.87. The predicted molar refractivity (Wildman–Crippen MR) is 89.4 cm³/mol. The second-order valence-electron chi connectivity index (χ2n) is 6.72. The Morgan fingerprint density at radius 2 is 2.24 bits per heavy atom. The van der Waals surface area contributed by atoms with E-state index >= 15 is 0 Å². The molecule has 0 bridgehead atoms. The zero-order chi connectivity index (χ0) is 15.0. The van der Waals surface area contributed by atoms with Gasteiger partial charge in [-0.25, -0.2) is 0 Å². The van der Waals surface area contributed by atoms with Crippen LogP contribution in [0, 0.1) is 5.41 Å². The molecule has 3 rings (SSSR count). The van der Waals surface area contributed by atoms with Crippen LogP contribution in [0.5, 0.6) is 0 Å². The van der Waals surface area contributed by atoms with Crippen LogP contribution in [0.2, 0.25) is 0 Å². The number of rotatable bonds is 3. The van der Waals surface area contributed by atoms with Crippen LogP contribution in [-0.4, -0.2) is 16.8 Å². The van der Waals surface area contributed by atoms with E-state index in [1.165, 1.54) is 23.2 Å². The lowest BCUT2D eigenvalue weighted by molar-refractivity contribution is 0.258. The van der Waals surface area contributed by atoms with E-state index in [2.05, 4.69) is 69.1 Å². The molecule has 0 saturated carbocycles. The second kappa shape index (κ2) is 5.58. The van der Waals surface area contributed by atoms with Crippen molar-refractivity contribution in [2.24, 2.45) is 5.41 Å². The average molecular weight is 348 g/mol. The summed E-state index contributed by atoms with van der Waals surface area (Å²) in [6.45, 7) is 5.52. The summed E-state index contributed by atoms with van der Waals surface area (Å²) in [6.07, 6.45) is 4.30. The van der Waals surface area contributed by atoms with Gasteiger partial charge in [0.1, 0.15) is 0 Å². The maximum atomic E-state index is 4.65. The maximum Gasteiger partial charge on any atom is 0.0663 e. The normalized spacial score (nSPS) is 20.3. The first-order chi connectivity index (χ1) is 9.98. The lowest BCUT2D eigenvalue weighted by Crippen LogP contribution is -2.32. The van der Waals surface area contributed by atoms with Crippen LogP contribution in [0.1, 0.15) is 43.1 Å². The minimum atomic E-state index is 0.315. The van der Waals surface area contributed by atoms with Gasteiger partial charge in [-0.1, -0.05) is 41.9 Å². The van der Waals surface area contributed by atoms with E-state index in [0.29, 0.717) is 11.5 Å². The van der Waals surface area contributed by atoms with Crippen molar-refractivity contribution in [1.29, 1.82) is 0 Å². The Morgan fingerprint density at radius 1 is 1.43 bits per heavy atom. The zero-order valence-electron chi connectivity index (χ0n) is 12.9. The molecule has 1 aromatic heterocycles. The van der Waals surface area contributed by atoms with E-state index in [0.717, 1.165) is 17.4 Å². The van der Waals surface area contributed by atoms with Gasteiger partial charge in [0.2, 0.25) is 0 Å². The minimum absolute atomic E-state index is 0.315. The quantitative estimate of drug-likeness (QED) is 0.911. The molecule has 0 fully saturated rings. The maximum absolute atomic E-state index is 4.65. The van der Waals surface area contributed by atoms with E-state index in [1.54, 1.807) is 0 Å². The minimum Gasteiger partial charge on any atom is -0.313 e. The molecule has 21 heavy (non-hydrogen) atoms. The van der Waals surface area contributed by atoms with Gasteiger partial charge >= 0.3 is 0 Å². The van der Waals surface area contributed by atoms with Crippen molar-refractivity contribution in [3.8, 4) is 0 Å². The predicted octanol–water partition coefficient (Wildman–Crippen LogP) is 3.93. The highest BCUT2D eigenvalue weighted by Gasteiger charge is 2.34. The first-order valence-corrected chi connectivity index (χ1v) is 8.24. The monoisotopic (exact) mass is 347 g/mol. The first kappa shape index (κ1) is 14.8. The average Bonchev–Trinajstić information content (AvgIpc) is 2.80. The number of halogens is 1. The van der Waals surface area contributed by atoms with Crippen molar-refractivity contribution < 1.29 is 0 Å². The van der Waals surface area contributed by atoms with Gasteiger partial charge in [0.25, 0.3) is 0 Å². The smallest absolute Gasteiger partial charge is 0.0663 e. The topological polar surface area (TPSA) is 29.9 Å². The summed E-state index contributed by atoms with van der Waals surface area (Å²) in [4.78, 5) is 0. The first-order valence-electron chi connectivity index (χ1n) is 7.45. The SMILES string of the molecule is CNC1CC(C)(C)Cc2c1cnn2Cc1cccc(Br)c1. The molecule has 1 atom stereocenters. The number of aromatic nitrogens is 2. The van der Waals surface area contributed by atoms with Crippen LogP contribution in [0.4, 0.5) is 0 Å². The third kappa shape index (κ3) is 3.06. The Labute approximate surface area is 134 Å². The molecule has 1 aliphatic carbocycles. The molecule has 1 heterocycles. The Kier molecular flexibility index (Phi) is 3.93. The summed E-state index contributed by atoms with van der Waals surface area (Å²) in [7, 11) is 2.04. The van der Waals surface area contributed by atoms with Crippen LogP contribution in [-0.2, 0) is 13.0 Å². The van der Waals surface area contributed by atoms with Crippen LogP contribution in [0.25, 0.3) is 0 Å². The molecule has 1 aliphatic rings. The van der Waals surface area contributed by atoms with Gasteiger partial charge in [-0.2, -0.15) is 5.10 Å². The van der Waals surface area contributed by atoms with E-state index in [-0.39, 0.29) is 0 Å². The molecule has 1 aromatic carbocycles. The molecule has 0 saturated heterocycles. The highest BCUT2D eigenvalue weighted by atomic mass is 79.9. The summed E-state index contributed by atoms with van der Waals surface area (Å²) < 4.78 is 3.29. The zero-order valence-corrected chi connectivity index (χ0v) is 14.4. The summed E-state index contributed by atoms with van der Waals surface area (Å²) >= 11 is 3.54. The van der Waals surface area contributed by atoms with Crippen molar-refractivity contribution in [3.05, 3.63) is 51.8 Å². The lowest BCUT2D eigenvalue weighted by atomic mass is 9.74. The van der Waals surface area contributed by atoms with Gasteiger partial charge in [0, 0.05) is 21.8 Å². The Balaban J connectivity index is 1.94. The fourth-order valence-electron chi connectivity index (χ4n) is 3.30. The molecule has 1 unspecified atom stereocenters. The van der Waals surface area contributed by atoms with Gasteiger partial charge in [-0.15, -0.1) is 0 Å². The van der Waals surface area contributed by atoms with E-state index in [4.69, 9.17) is 0 Å². The fraction of sp³-hybridized carbons (Fsp3) is 0.471. The van der Waals surface area contributed by atoms with Gasteiger partial charge < -0.3 is 5.32 Å². The highest BCUT2D eigenvalue weighted by molar-refractivity contribution is 9.10. The second-order valence-corrected chi connectivity index (χ2v) is 7.64. The van der Waals surface area contributed by atoms with E-state index in [1.807, 2.05) is 13.2 Å². The summed E-state index contributed by atoms with van der Waals surface area (Å²) in [5, 5.41) is 8.09. The largest absolute Gasteiger partial charge is 0.313 e. The van der Waals surface area contributed by atoms with Crippen molar-refractivity contribution in [1.82, 2.24) is 15.1 Å². The number of fused-ring (bicyclic) bond motifs is 1. The van der Waals surface area contributed by atoms with Gasteiger partial charge in [0.15, 0.2) is 0 Å². The number of hydrogen-bond donors (Lipinski definition) is 1. The lowest BCUT2D eigenvalue weighted by Gasteiger charge is -2.35. The van der Waals surface area contributed by atoms with Crippen LogP contribution >= 0.6 is 15.9 Å². The molecular formula is C17H22BrN3. The molecule has 3 nitrogen and oxygen atoms in total. The van der Waals surface area contributed by atoms with Crippen LogP contribution in [0.3, 0.4) is 0 Å². The van der Waals surface area contributed by atoms with Crippen molar-refractivity contribution >= 4 is 15.9 Å². The molecule has 4 heteroatoms. The molecule has 0 amide bonds. The molecular weight excluding hydrogens is 326 g/mol. The van der Waals surface area contributed by atoms with Gasteiger partial charge in [-0.05, 0) is 43.0 Å². The van der Waals surface area contributed by atoms with Crippen molar-refractivity contribution in [2.45, 2.75) is 39.3 Å². The molecule has 0 radical (unpaired) electrons. The number of nitrogens with zero attached hydrogens (tertiary/aromatic N) is 2. The number of nitrogens with one attached hydrogen (secondary N) is 1. The molecule has 1 N–H and O–H groups in total. The molecule has 0 aliphatic heterocycles. The van der Waals surface area contributed by atoms with Crippen molar-refractivity contribution in [2.75, 3.05) is 7.05 Å². The summed E-state index contributed by atoms with van der Waals surface area (Å²) in [5.41, 5.74) is 4.34. The van der Waals surface area contributed by atoms with E-state index < -0.39 is 0 Å². The van der Waals surface area contributed by atoms with Crippen LogP contribution in [0.15, 0.2) is 34.9 Å². The van der Waals surface area contributed by atoms with Crippen LogP contribution < -0.4 is 5.32 Å². The van der Waals surface area contributed by atoms with Gasteiger partial charge in [-0.3, -0.25) is 4.68 Å². The molecule has 2 aromatic rings. The highest BCUT2D eigenvalue weighted by Crippen LogP contribution is 2.40. The Morgan fingerprint density at radius 3 is 2.95 bits per heavy atom. The third-order valence-corrected chi connectivity index (χ3v) is 4.82. The van der Waals surface area contributed by atoms with Gasteiger partial charge in [0.05, 0.1) is 12.7 Å². The molecule has 0 spiro atoms. The fourth-order valence-corrected chi connectivity index (χ4v) is 3.75. The number of benzene rings is 1. The number of hydrogen-bond acceptors (Lipinski definition) is 2. The Bertz CT molecular complexity index is 645.